The van der Waals surface area contributed by atoms with Gasteiger partial charge in [-0.2, -0.15) is 0 Å². The second-order valence-corrected chi connectivity index (χ2v) is 7.19. The van der Waals surface area contributed by atoms with E-state index in [0.29, 0.717) is 6.54 Å². The van der Waals surface area contributed by atoms with Crippen molar-refractivity contribution in [2.45, 2.75) is 24.3 Å². The zero-order chi connectivity index (χ0) is 16.1. The molecule has 3 rings (SSSR count). The molecule has 0 aliphatic carbocycles. The first-order chi connectivity index (χ1) is 11.2. The number of thioether (sulfide) groups is 1. The molecule has 1 aromatic heterocycles. The van der Waals surface area contributed by atoms with E-state index in [2.05, 4.69) is 52.4 Å². The van der Waals surface area contributed by atoms with E-state index in [1.165, 1.54) is 11.1 Å². The van der Waals surface area contributed by atoms with Gasteiger partial charge in [-0.3, -0.25) is 0 Å². The third-order valence-corrected chi connectivity index (χ3v) is 5.07. The maximum absolute atomic E-state index is 5.88. The molecule has 1 N–H and O–H groups in total. The molecule has 2 aromatic carbocycles. The number of anilines is 1. The molecule has 0 amide bonds. The van der Waals surface area contributed by atoms with E-state index in [0.717, 1.165) is 26.8 Å². The Morgan fingerprint density at radius 2 is 1.78 bits per heavy atom. The molecule has 0 fully saturated rings. The molecule has 0 radical (unpaired) electrons. The SMILES string of the molecule is Cc1ccccc1CSc1ccc(CNc2ccc(Br)cc2)o1. The normalized spacial score (nSPS) is 10.7. The minimum atomic E-state index is 0.687. The number of halogens is 1. The van der Waals surface area contributed by atoms with E-state index in [4.69, 9.17) is 4.42 Å². The lowest BCUT2D eigenvalue weighted by Gasteiger charge is -2.05. The predicted octanol–water partition coefficient (Wildman–Crippen LogP) is 6.25. The van der Waals surface area contributed by atoms with Crippen LogP contribution in [0.4, 0.5) is 5.69 Å². The van der Waals surface area contributed by atoms with Crippen molar-refractivity contribution >= 4 is 33.4 Å². The van der Waals surface area contributed by atoms with Gasteiger partial charge in [-0.05, 0) is 54.4 Å². The molecule has 3 aromatic rings. The maximum atomic E-state index is 5.88. The number of nitrogens with one attached hydrogen (secondary N) is 1. The summed E-state index contributed by atoms with van der Waals surface area (Å²) < 4.78 is 6.96. The Morgan fingerprint density at radius 3 is 2.57 bits per heavy atom. The highest BCUT2D eigenvalue weighted by atomic mass is 79.9. The molecule has 0 unspecified atom stereocenters. The first-order valence-electron chi connectivity index (χ1n) is 7.46. The van der Waals surface area contributed by atoms with E-state index in [-0.39, 0.29) is 0 Å². The average Bonchev–Trinajstić information content (AvgIpc) is 3.02. The van der Waals surface area contributed by atoms with E-state index in [1.54, 1.807) is 11.8 Å². The lowest BCUT2D eigenvalue weighted by atomic mass is 10.1. The van der Waals surface area contributed by atoms with Crippen LogP contribution in [0.5, 0.6) is 0 Å². The van der Waals surface area contributed by atoms with E-state index in [9.17, 15) is 0 Å². The van der Waals surface area contributed by atoms with Gasteiger partial charge < -0.3 is 9.73 Å². The highest BCUT2D eigenvalue weighted by molar-refractivity contribution is 9.10. The summed E-state index contributed by atoms with van der Waals surface area (Å²) >= 11 is 5.17. The zero-order valence-corrected chi connectivity index (χ0v) is 15.3. The maximum Gasteiger partial charge on any atom is 0.160 e. The van der Waals surface area contributed by atoms with Crippen LogP contribution < -0.4 is 5.32 Å². The number of hydrogen-bond acceptors (Lipinski definition) is 3. The van der Waals surface area contributed by atoms with Crippen LogP contribution in [-0.2, 0) is 12.3 Å². The van der Waals surface area contributed by atoms with Gasteiger partial charge in [-0.15, -0.1) is 0 Å². The van der Waals surface area contributed by atoms with Crippen molar-refractivity contribution in [3.8, 4) is 0 Å². The molecule has 0 saturated carbocycles. The van der Waals surface area contributed by atoms with Crippen molar-refractivity contribution in [1.82, 2.24) is 0 Å². The average molecular weight is 388 g/mol. The molecule has 4 heteroatoms. The minimum absolute atomic E-state index is 0.687. The molecule has 23 heavy (non-hydrogen) atoms. The fourth-order valence-electron chi connectivity index (χ4n) is 2.21. The van der Waals surface area contributed by atoms with Gasteiger partial charge in [0.1, 0.15) is 5.76 Å². The van der Waals surface area contributed by atoms with Crippen LogP contribution in [0.25, 0.3) is 0 Å². The molecule has 0 atom stereocenters. The number of benzene rings is 2. The van der Waals surface area contributed by atoms with Crippen LogP contribution in [0.15, 0.2) is 74.6 Å². The van der Waals surface area contributed by atoms with Gasteiger partial charge in [0.2, 0.25) is 0 Å². The van der Waals surface area contributed by atoms with E-state index >= 15 is 0 Å². The molecular weight excluding hydrogens is 370 g/mol. The Balaban J connectivity index is 1.53. The van der Waals surface area contributed by atoms with Gasteiger partial charge in [0, 0.05) is 15.9 Å². The van der Waals surface area contributed by atoms with Crippen LogP contribution in [0.2, 0.25) is 0 Å². The first kappa shape index (κ1) is 16.2. The largest absolute Gasteiger partial charge is 0.453 e. The summed E-state index contributed by atoms with van der Waals surface area (Å²) in [7, 11) is 0. The Kier molecular flexibility index (Phi) is 5.47. The molecule has 2 nitrogen and oxygen atoms in total. The molecule has 1 heterocycles. The third-order valence-electron chi connectivity index (χ3n) is 3.58. The Bertz CT molecular complexity index is 767. The molecule has 0 aliphatic rings. The number of rotatable bonds is 6. The summed E-state index contributed by atoms with van der Waals surface area (Å²) in [5, 5.41) is 4.32. The van der Waals surface area contributed by atoms with Gasteiger partial charge >= 0.3 is 0 Å². The Morgan fingerprint density at radius 1 is 1.00 bits per heavy atom. The van der Waals surface area contributed by atoms with Crippen molar-refractivity contribution in [2.24, 2.45) is 0 Å². The lowest BCUT2D eigenvalue weighted by Crippen LogP contribution is -1.97. The van der Waals surface area contributed by atoms with Gasteiger partial charge in [-0.25, -0.2) is 0 Å². The topological polar surface area (TPSA) is 25.2 Å². The van der Waals surface area contributed by atoms with E-state index in [1.807, 2.05) is 36.4 Å². The second-order valence-electron chi connectivity index (χ2n) is 5.30. The van der Waals surface area contributed by atoms with Crippen LogP contribution in [0, 0.1) is 6.92 Å². The number of aryl methyl sites for hydroxylation is 1. The molecule has 0 bridgehead atoms. The van der Waals surface area contributed by atoms with Crippen LogP contribution in [0.1, 0.15) is 16.9 Å². The van der Waals surface area contributed by atoms with Crippen LogP contribution in [-0.4, -0.2) is 0 Å². The first-order valence-corrected chi connectivity index (χ1v) is 9.24. The van der Waals surface area contributed by atoms with Crippen molar-refractivity contribution in [1.29, 1.82) is 0 Å². The Labute approximate surface area is 149 Å². The smallest absolute Gasteiger partial charge is 0.160 e. The quantitative estimate of drug-likeness (QED) is 0.505. The van der Waals surface area contributed by atoms with Crippen molar-refractivity contribution in [3.05, 3.63) is 82.0 Å². The predicted molar refractivity (Wildman–Crippen MR) is 101 cm³/mol. The molecule has 0 saturated heterocycles. The van der Waals surface area contributed by atoms with Crippen molar-refractivity contribution in [2.75, 3.05) is 5.32 Å². The third kappa shape index (κ3) is 4.66. The molecule has 0 aliphatic heterocycles. The molecule has 0 spiro atoms. The highest BCUT2D eigenvalue weighted by Gasteiger charge is 2.05. The summed E-state index contributed by atoms with van der Waals surface area (Å²) in [5.41, 5.74) is 3.76. The van der Waals surface area contributed by atoms with Crippen molar-refractivity contribution in [3.63, 3.8) is 0 Å². The number of hydrogen-bond donors (Lipinski definition) is 1. The summed E-state index contributed by atoms with van der Waals surface area (Å²) in [6.07, 6.45) is 0. The van der Waals surface area contributed by atoms with Gasteiger partial charge in [0.15, 0.2) is 5.09 Å². The highest BCUT2D eigenvalue weighted by Crippen LogP contribution is 2.26. The van der Waals surface area contributed by atoms with Crippen molar-refractivity contribution < 1.29 is 4.42 Å². The van der Waals surface area contributed by atoms with Crippen LogP contribution >= 0.6 is 27.7 Å². The van der Waals surface area contributed by atoms with Gasteiger partial charge in [0.25, 0.3) is 0 Å². The summed E-state index contributed by atoms with van der Waals surface area (Å²) in [4.78, 5) is 0. The zero-order valence-electron chi connectivity index (χ0n) is 12.9. The fourth-order valence-corrected chi connectivity index (χ4v) is 3.42. The van der Waals surface area contributed by atoms with Gasteiger partial charge in [-0.1, -0.05) is 52.0 Å². The summed E-state index contributed by atoms with van der Waals surface area (Å²) in [6.45, 7) is 2.83. The minimum Gasteiger partial charge on any atom is -0.453 e. The monoisotopic (exact) mass is 387 g/mol. The standard InChI is InChI=1S/C19H18BrNOS/c1-14-4-2-3-5-15(14)13-23-19-11-10-18(22-19)12-21-17-8-6-16(20)7-9-17/h2-11,21H,12-13H2,1H3. The van der Waals surface area contributed by atoms with E-state index < -0.39 is 0 Å². The summed E-state index contributed by atoms with van der Waals surface area (Å²) in [6, 6.07) is 20.7. The molecular formula is C19H18BrNOS. The number of furan rings is 1. The molecule has 118 valence electrons. The van der Waals surface area contributed by atoms with Gasteiger partial charge in [0.05, 0.1) is 6.54 Å². The Hall–Kier alpha value is -1.65. The van der Waals surface area contributed by atoms with Crippen LogP contribution in [0.3, 0.4) is 0 Å². The summed E-state index contributed by atoms with van der Waals surface area (Å²) in [5.74, 6) is 1.87. The lowest BCUT2D eigenvalue weighted by molar-refractivity contribution is 0.437. The fraction of sp³-hybridized carbons (Fsp3) is 0.158. The second kappa shape index (κ2) is 7.75.